The molecule has 6 heteroatoms. The number of hydrogen-bond donors (Lipinski definition) is 1. The van der Waals surface area contributed by atoms with E-state index in [2.05, 4.69) is 0 Å². The van der Waals surface area contributed by atoms with Gasteiger partial charge in [0.25, 0.3) is 5.91 Å². The lowest BCUT2D eigenvalue weighted by Crippen LogP contribution is -2.30. The van der Waals surface area contributed by atoms with Crippen LogP contribution in [0.3, 0.4) is 0 Å². The van der Waals surface area contributed by atoms with Gasteiger partial charge < -0.3 is 19.5 Å². The van der Waals surface area contributed by atoms with Gasteiger partial charge in [-0.15, -0.1) is 0 Å². The fourth-order valence-corrected chi connectivity index (χ4v) is 2.08. The van der Waals surface area contributed by atoms with Crippen LogP contribution in [0.15, 0.2) is 42.5 Å². The molecule has 23 heavy (non-hydrogen) atoms. The molecule has 0 spiro atoms. The van der Waals surface area contributed by atoms with Crippen molar-refractivity contribution in [1.82, 2.24) is 4.90 Å². The lowest BCUT2D eigenvalue weighted by atomic mass is 10.1. The Labute approximate surface area is 140 Å². The monoisotopic (exact) mass is 335 g/mol. The number of amides is 1. The highest BCUT2D eigenvalue weighted by molar-refractivity contribution is 6.30. The Hall–Kier alpha value is -2.40. The van der Waals surface area contributed by atoms with Crippen LogP contribution in [-0.4, -0.2) is 43.2 Å². The van der Waals surface area contributed by atoms with E-state index in [-0.39, 0.29) is 17.2 Å². The van der Waals surface area contributed by atoms with Gasteiger partial charge in [-0.25, -0.2) is 0 Å². The maximum absolute atomic E-state index is 12.4. The maximum atomic E-state index is 12.4. The molecule has 1 N–H and O–H groups in total. The van der Waals surface area contributed by atoms with E-state index in [1.807, 2.05) is 0 Å². The highest BCUT2D eigenvalue weighted by atomic mass is 35.5. The lowest BCUT2D eigenvalue weighted by molar-refractivity contribution is 0.0770. The quantitative estimate of drug-likeness (QED) is 0.880. The first kappa shape index (κ1) is 17.0. The zero-order valence-corrected chi connectivity index (χ0v) is 13.7. The molecular formula is C17H18ClNO4. The number of rotatable bonds is 6. The maximum Gasteiger partial charge on any atom is 0.257 e. The third kappa shape index (κ3) is 4.53. The van der Waals surface area contributed by atoms with Crippen molar-refractivity contribution in [3.05, 3.63) is 53.1 Å². The predicted octanol–water partition coefficient (Wildman–Crippen LogP) is 3.21. The van der Waals surface area contributed by atoms with Crippen molar-refractivity contribution in [1.29, 1.82) is 0 Å². The number of phenolic OH excluding ortho intramolecular Hbond substituents is 1. The number of aromatic hydroxyl groups is 1. The van der Waals surface area contributed by atoms with E-state index in [4.69, 9.17) is 21.1 Å². The van der Waals surface area contributed by atoms with Crippen molar-refractivity contribution in [3.63, 3.8) is 0 Å². The van der Waals surface area contributed by atoms with Gasteiger partial charge in [0, 0.05) is 12.1 Å². The van der Waals surface area contributed by atoms with Gasteiger partial charge >= 0.3 is 0 Å². The molecule has 0 aliphatic heterocycles. The molecule has 2 aromatic rings. The second-order valence-electron chi connectivity index (χ2n) is 4.91. The van der Waals surface area contributed by atoms with Gasteiger partial charge in [-0.3, -0.25) is 4.79 Å². The van der Waals surface area contributed by atoms with Crippen LogP contribution in [0.25, 0.3) is 0 Å². The topological polar surface area (TPSA) is 59.0 Å². The van der Waals surface area contributed by atoms with Crippen LogP contribution < -0.4 is 9.47 Å². The summed E-state index contributed by atoms with van der Waals surface area (Å²) in [6.45, 7) is 0.701. The minimum absolute atomic E-state index is 0.0822. The first-order chi connectivity index (χ1) is 11.0. The summed E-state index contributed by atoms with van der Waals surface area (Å²) in [7, 11) is 3.15. The van der Waals surface area contributed by atoms with Gasteiger partial charge in [-0.05, 0) is 42.5 Å². The standard InChI is InChI=1S/C17H18ClNO4/c1-19(9-10-23-13-5-3-12(18)4-6-13)17(21)15-11-14(22-2)7-8-16(15)20/h3-8,11,20H,9-10H2,1-2H3. The number of ether oxygens (including phenoxy) is 2. The molecule has 0 saturated carbocycles. The van der Waals surface area contributed by atoms with E-state index in [9.17, 15) is 9.90 Å². The largest absolute Gasteiger partial charge is 0.507 e. The average Bonchev–Trinajstić information content (AvgIpc) is 2.56. The molecular weight excluding hydrogens is 318 g/mol. The minimum Gasteiger partial charge on any atom is -0.507 e. The molecule has 0 atom stereocenters. The number of benzene rings is 2. The SMILES string of the molecule is COc1ccc(O)c(C(=O)N(C)CCOc2ccc(Cl)cc2)c1. The molecule has 0 saturated heterocycles. The summed E-state index contributed by atoms with van der Waals surface area (Å²) in [6.07, 6.45) is 0. The van der Waals surface area contributed by atoms with Crippen molar-refractivity contribution in [2.24, 2.45) is 0 Å². The fraction of sp³-hybridized carbons (Fsp3) is 0.235. The summed E-state index contributed by atoms with van der Waals surface area (Å²) in [4.78, 5) is 13.8. The van der Waals surface area contributed by atoms with Crippen molar-refractivity contribution in [2.75, 3.05) is 27.3 Å². The molecule has 0 aromatic heterocycles. The molecule has 2 rings (SSSR count). The second-order valence-corrected chi connectivity index (χ2v) is 5.35. The van der Waals surface area contributed by atoms with E-state index in [1.165, 1.54) is 24.1 Å². The highest BCUT2D eigenvalue weighted by Gasteiger charge is 2.16. The second kappa shape index (κ2) is 7.74. The fourth-order valence-electron chi connectivity index (χ4n) is 1.95. The van der Waals surface area contributed by atoms with Crippen LogP contribution in [0.5, 0.6) is 17.2 Å². The zero-order valence-electron chi connectivity index (χ0n) is 13.0. The van der Waals surface area contributed by atoms with Gasteiger partial charge in [0.15, 0.2) is 0 Å². The molecule has 0 aliphatic carbocycles. The van der Waals surface area contributed by atoms with Gasteiger partial charge in [-0.2, -0.15) is 0 Å². The van der Waals surface area contributed by atoms with E-state index in [1.54, 1.807) is 37.4 Å². The number of methoxy groups -OCH3 is 1. The Morgan fingerprint density at radius 3 is 2.48 bits per heavy atom. The smallest absolute Gasteiger partial charge is 0.257 e. The van der Waals surface area contributed by atoms with E-state index < -0.39 is 0 Å². The summed E-state index contributed by atoms with van der Waals surface area (Å²) in [5.41, 5.74) is 0.193. The van der Waals surface area contributed by atoms with Crippen LogP contribution in [-0.2, 0) is 0 Å². The number of hydrogen-bond acceptors (Lipinski definition) is 4. The van der Waals surface area contributed by atoms with Crippen molar-refractivity contribution < 1.29 is 19.4 Å². The first-order valence-corrected chi connectivity index (χ1v) is 7.40. The molecule has 2 aromatic carbocycles. The Kier molecular flexibility index (Phi) is 5.71. The summed E-state index contributed by atoms with van der Waals surface area (Å²) < 4.78 is 10.6. The predicted molar refractivity (Wildman–Crippen MR) is 88.6 cm³/mol. The summed E-state index contributed by atoms with van der Waals surface area (Å²) >= 11 is 5.80. The van der Waals surface area contributed by atoms with Crippen LogP contribution >= 0.6 is 11.6 Å². The Bertz CT molecular complexity index is 673. The molecule has 1 amide bonds. The first-order valence-electron chi connectivity index (χ1n) is 7.02. The van der Waals surface area contributed by atoms with Crippen molar-refractivity contribution >= 4 is 17.5 Å². The summed E-state index contributed by atoms with van der Waals surface area (Å²) in [5, 5.41) is 10.5. The third-order valence-corrected chi connectivity index (χ3v) is 3.54. The van der Waals surface area contributed by atoms with E-state index >= 15 is 0 Å². The number of nitrogens with zero attached hydrogens (tertiary/aromatic N) is 1. The molecule has 122 valence electrons. The Morgan fingerprint density at radius 2 is 1.83 bits per heavy atom. The van der Waals surface area contributed by atoms with Gasteiger partial charge in [0.05, 0.1) is 19.2 Å². The van der Waals surface area contributed by atoms with Crippen LogP contribution in [0, 0.1) is 0 Å². The molecule has 0 bridgehead atoms. The van der Waals surface area contributed by atoms with Gasteiger partial charge in [0.2, 0.25) is 0 Å². The number of likely N-dealkylation sites (N-methyl/N-ethyl adjacent to an activating group) is 1. The summed E-state index contributed by atoms with van der Waals surface area (Å²) in [5.74, 6) is 0.804. The molecule has 0 fully saturated rings. The van der Waals surface area contributed by atoms with Crippen LogP contribution in [0.2, 0.25) is 5.02 Å². The number of carbonyl (C=O) groups excluding carboxylic acids is 1. The molecule has 0 unspecified atom stereocenters. The lowest BCUT2D eigenvalue weighted by Gasteiger charge is -2.18. The van der Waals surface area contributed by atoms with Gasteiger partial charge in [-0.1, -0.05) is 11.6 Å². The van der Waals surface area contributed by atoms with Crippen molar-refractivity contribution in [2.45, 2.75) is 0 Å². The normalized spacial score (nSPS) is 10.2. The van der Waals surface area contributed by atoms with Gasteiger partial charge in [0.1, 0.15) is 23.9 Å². The molecule has 0 radical (unpaired) electrons. The van der Waals surface area contributed by atoms with Crippen LogP contribution in [0.1, 0.15) is 10.4 Å². The Balaban J connectivity index is 1.93. The van der Waals surface area contributed by atoms with E-state index in [0.717, 1.165) is 0 Å². The minimum atomic E-state index is -0.305. The average molecular weight is 336 g/mol. The molecule has 5 nitrogen and oxygen atoms in total. The molecule has 0 heterocycles. The highest BCUT2D eigenvalue weighted by Crippen LogP contribution is 2.24. The van der Waals surface area contributed by atoms with Crippen LogP contribution in [0.4, 0.5) is 0 Å². The number of carbonyl (C=O) groups is 1. The Morgan fingerprint density at radius 1 is 1.17 bits per heavy atom. The number of phenols is 1. The van der Waals surface area contributed by atoms with E-state index in [0.29, 0.717) is 29.7 Å². The summed E-state index contributed by atoms with van der Waals surface area (Å²) in [6, 6.07) is 11.5. The molecule has 0 aliphatic rings. The van der Waals surface area contributed by atoms with Crippen molar-refractivity contribution in [3.8, 4) is 17.2 Å². The number of halogens is 1. The zero-order chi connectivity index (χ0) is 16.8. The third-order valence-electron chi connectivity index (χ3n) is 3.29.